The van der Waals surface area contributed by atoms with Crippen LogP contribution in [0.15, 0.2) is 70.0 Å². The van der Waals surface area contributed by atoms with Crippen molar-refractivity contribution in [1.82, 2.24) is 14.9 Å². The van der Waals surface area contributed by atoms with Gasteiger partial charge in [0.25, 0.3) is 5.91 Å². The second-order valence-corrected chi connectivity index (χ2v) is 7.55. The first kappa shape index (κ1) is 18.4. The van der Waals surface area contributed by atoms with Crippen molar-refractivity contribution in [1.29, 1.82) is 0 Å². The average Bonchev–Trinajstić information content (AvgIpc) is 3.26. The number of nitrogens with zero attached hydrogens (tertiary/aromatic N) is 2. The van der Waals surface area contributed by atoms with Gasteiger partial charge in [-0.2, -0.15) is 0 Å². The van der Waals surface area contributed by atoms with E-state index in [1.807, 2.05) is 59.6 Å². The number of fused-ring (bicyclic) bond motifs is 2. The molecular weight excluding hydrogens is 378 g/mol. The Labute approximate surface area is 173 Å². The SMILES string of the molecule is CCc1cccnc1CC1c2ccccc2C(=O)N1Cc1ccc2[nH]c(=O)oc2c1. The van der Waals surface area contributed by atoms with Crippen LogP contribution < -0.4 is 5.76 Å². The van der Waals surface area contributed by atoms with Crippen LogP contribution in [0.1, 0.15) is 45.7 Å². The van der Waals surface area contributed by atoms with E-state index in [0.29, 0.717) is 24.1 Å². The summed E-state index contributed by atoms with van der Waals surface area (Å²) in [5, 5.41) is 0. The van der Waals surface area contributed by atoms with Crippen LogP contribution in [0.25, 0.3) is 11.1 Å². The van der Waals surface area contributed by atoms with Gasteiger partial charge >= 0.3 is 5.76 Å². The van der Waals surface area contributed by atoms with Gasteiger partial charge in [-0.05, 0) is 47.4 Å². The number of benzene rings is 2. The maximum atomic E-state index is 13.2. The Morgan fingerprint density at radius 3 is 2.83 bits per heavy atom. The van der Waals surface area contributed by atoms with E-state index in [1.165, 1.54) is 5.56 Å². The van der Waals surface area contributed by atoms with Gasteiger partial charge in [0.2, 0.25) is 0 Å². The Morgan fingerprint density at radius 2 is 1.97 bits per heavy atom. The number of pyridine rings is 1. The molecule has 0 fully saturated rings. The Balaban J connectivity index is 1.52. The maximum absolute atomic E-state index is 13.2. The minimum Gasteiger partial charge on any atom is -0.408 e. The molecule has 1 aliphatic heterocycles. The highest BCUT2D eigenvalue weighted by atomic mass is 16.4. The van der Waals surface area contributed by atoms with Crippen molar-refractivity contribution in [2.75, 3.05) is 0 Å². The lowest BCUT2D eigenvalue weighted by Gasteiger charge is -2.26. The number of H-pyrrole nitrogens is 1. The Hall–Kier alpha value is -3.67. The summed E-state index contributed by atoms with van der Waals surface area (Å²) in [6, 6.07) is 17.3. The molecule has 30 heavy (non-hydrogen) atoms. The smallest absolute Gasteiger partial charge is 0.408 e. The minimum atomic E-state index is -0.480. The van der Waals surface area contributed by atoms with Crippen molar-refractivity contribution in [3.05, 3.63) is 99.3 Å². The standard InChI is InChI=1S/C24H21N3O3/c1-2-16-6-5-11-25-20(16)13-21-17-7-3-4-8-18(17)23(28)27(21)14-15-9-10-19-22(12-15)30-24(29)26-19/h3-12,21H,2,13-14H2,1H3,(H,26,29). The van der Waals surface area contributed by atoms with Crippen LogP contribution >= 0.6 is 0 Å². The Morgan fingerprint density at radius 1 is 1.10 bits per heavy atom. The molecule has 0 radical (unpaired) electrons. The summed E-state index contributed by atoms with van der Waals surface area (Å²) in [5.74, 6) is -0.466. The third kappa shape index (κ3) is 3.10. The van der Waals surface area contributed by atoms with E-state index in [-0.39, 0.29) is 11.9 Å². The van der Waals surface area contributed by atoms with Crippen molar-refractivity contribution in [2.45, 2.75) is 32.4 Å². The van der Waals surface area contributed by atoms with Crippen molar-refractivity contribution in [3.63, 3.8) is 0 Å². The molecule has 2 aromatic carbocycles. The quantitative estimate of drug-likeness (QED) is 0.550. The van der Waals surface area contributed by atoms with Gasteiger partial charge in [0.1, 0.15) is 0 Å². The van der Waals surface area contributed by atoms with Crippen LogP contribution in [0, 0.1) is 0 Å². The molecule has 6 heteroatoms. The zero-order valence-corrected chi connectivity index (χ0v) is 16.6. The van der Waals surface area contributed by atoms with Gasteiger partial charge in [-0.3, -0.25) is 14.8 Å². The van der Waals surface area contributed by atoms with Gasteiger partial charge in [-0.25, -0.2) is 4.79 Å². The zero-order valence-electron chi connectivity index (χ0n) is 16.6. The summed E-state index contributed by atoms with van der Waals surface area (Å²) in [7, 11) is 0. The monoisotopic (exact) mass is 399 g/mol. The normalized spacial score (nSPS) is 15.7. The van der Waals surface area contributed by atoms with Gasteiger partial charge in [-0.1, -0.05) is 37.3 Å². The minimum absolute atomic E-state index is 0.0141. The number of aryl methyl sites for hydroxylation is 1. The van der Waals surface area contributed by atoms with Gasteiger partial charge in [0.15, 0.2) is 5.58 Å². The number of hydrogen-bond acceptors (Lipinski definition) is 4. The number of nitrogens with one attached hydrogen (secondary N) is 1. The summed E-state index contributed by atoms with van der Waals surface area (Å²) in [6.07, 6.45) is 3.37. The van der Waals surface area contributed by atoms with Crippen LogP contribution in [0.4, 0.5) is 0 Å². The zero-order chi connectivity index (χ0) is 20.7. The highest BCUT2D eigenvalue weighted by molar-refractivity contribution is 5.99. The molecular formula is C24H21N3O3. The van der Waals surface area contributed by atoms with Crippen LogP contribution in [0.2, 0.25) is 0 Å². The summed E-state index contributed by atoms with van der Waals surface area (Å²) in [5.41, 5.74) is 6.05. The third-order valence-electron chi connectivity index (χ3n) is 5.78. The number of carbonyl (C=O) groups is 1. The molecule has 0 bridgehead atoms. The van der Waals surface area contributed by atoms with E-state index in [4.69, 9.17) is 4.42 Å². The van der Waals surface area contributed by atoms with Crippen LogP contribution in [-0.2, 0) is 19.4 Å². The molecule has 0 aliphatic carbocycles. The molecule has 0 spiro atoms. The fourth-order valence-corrected chi connectivity index (χ4v) is 4.29. The van der Waals surface area contributed by atoms with Crippen LogP contribution in [-0.4, -0.2) is 20.8 Å². The lowest BCUT2D eigenvalue weighted by atomic mass is 9.97. The number of carbonyl (C=O) groups excluding carboxylic acids is 1. The number of oxazole rings is 1. The average molecular weight is 399 g/mol. The maximum Gasteiger partial charge on any atom is 0.417 e. The predicted molar refractivity (Wildman–Crippen MR) is 113 cm³/mol. The first-order valence-electron chi connectivity index (χ1n) is 10.1. The van der Waals surface area contributed by atoms with Crippen molar-refractivity contribution < 1.29 is 9.21 Å². The van der Waals surface area contributed by atoms with E-state index in [1.54, 1.807) is 0 Å². The van der Waals surface area contributed by atoms with Crippen molar-refractivity contribution in [3.8, 4) is 0 Å². The highest BCUT2D eigenvalue weighted by Gasteiger charge is 2.36. The Kier molecular flexibility index (Phi) is 4.47. The number of rotatable bonds is 5. The molecule has 1 atom stereocenters. The topological polar surface area (TPSA) is 79.2 Å². The molecule has 1 N–H and O–H groups in total. The van der Waals surface area contributed by atoms with Crippen LogP contribution in [0.3, 0.4) is 0 Å². The van der Waals surface area contributed by atoms with Gasteiger partial charge in [-0.15, -0.1) is 0 Å². The molecule has 1 amide bonds. The number of hydrogen-bond donors (Lipinski definition) is 1. The third-order valence-corrected chi connectivity index (χ3v) is 5.78. The molecule has 1 unspecified atom stereocenters. The largest absolute Gasteiger partial charge is 0.417 e. The fraction of sp³-hybridized carbons (Fsp3) is 0.208. The van der Waals surface area contributed by atoms with E-state index < -0.39 is 5.76 Å². The van der Waals surface area contributed by atoms with Crippen molar-refractivity contribution in [2.24, 2.45) is 0 Å². The molecule has 4 aromatic rings. The molecule has 150 valence electrons. The second-order valence-electron chi connectivity index (χ2n) is 7.55. The molecule has 6 nitrogen and oxygen atoms in total. The van der Waals surface area contributed by atoms with E-state index >= 15 is 0 Å². The first-order valence-corrected chi connectivity index (χ1v) is 10.1. The highest BCUT2D eigenvalue weighted by Crippen LogP contribution is 2.37. The van der Waals surface area contributed by atoms with E-state index in [2.05, 4.69) is 23.0 Å². The first-order chi connectivity index (χ1) is 14.6. The summed E-state index contributed by atoms with van der Waals surface area (Å²) >= 11 is 0. The second kappa shape index (κ2) is 7.30. The lowest BCUT2D eigenvalue weighted by Crippen LogP contribution is -2.29. The molecule has 3 heterocycles. The number of aromatic nitrogens is 2. The summed E-state index contributed by atoms with van der Waals surface area (Å²) in [6.45, 7) is 2.54. The van der Waals surface area contributed by atoms with Gasteiger partial charge in [0.05, 0.1) is 11.6 Å². The molecule has 5 rings (SSSR count). The van der Waals surface area contributed by atoms with Gasteiger partial charge in [0, 0.05) is 30.4 Å². The number of amides is 1. The molecule has 0 saturated heterocycles. The van der Waals surface area contributed by atoms with E-state index in [0.717, 1.165) is 28.8 Å². The van der Waals surface area contributed by atoms with E-state index in [9.17, 15) is 9.59 Å². The lowest BCUT2D eigenvalue weighted by molar-refractivity contribution is 0.0708. The van der Waals surface area contributed by atoms with Crippen molar-refractivity contribution >= 4 is 17.0 Å². The number of aromatic amines is 1. The summed E-state index contributed by atoms with van der Waals surface area (Å²) < 4.78 is 5.19. The molecule has 1 aliphatic rings. The van der Waals surface area contributed by atoms with Crippen LogP contribution in [0.5, 0.6) is 0 Å². The van der Waals surface area contributed by atoms with Gasteiger partial charge < -0.3 is 9.32 Å². The summed E-state index contributed by atoms with van der Waals surface area (Å²) in [4.78, 5) is 33.9. The molecule has 2 aromatic heterocycles. The Bertz CT molecular complexity index is 1300. The fourth-order valence-electron chi connectivity index (χ4n) is 4.29. The predicted octanol–water partition coefficient (Wildman–Crippen LogP) is 4.02. The molecule has 0 saturated carbocycles.